The Labute approximate surface area is 111 Å². The zero-order chi connectivity index (χ0) is 14.0. The molecular weight excluding hydrogens is 230 g/mol. The highest BCUT2D eigenvalue weighted by Gasteiger charge is 2.45. The Bertz CT molecular complexity index is 274. The summed E-state index contributed by atoms with van der Waals surface area (Å²) in [5, 5.41) is 13.7. The van der Waals surface area contributed by atoms with Gasteiger partial charge in [-0.15, -0.1) is 0 Å². The van der Waals surface area contributed by atoms with Crippen LogP contribution < -0.4 is 5.32 Å². The third kappa shape index (κ3) is 4.50. The molecular formula is C14H29NO3. The number of nitrogens with one attached hydrogen (secondary N) is 1. The van der Waals surface area contributed by atoms with Crippen molar-refractivity contribution < 1.29 is 14.6 Å². The minimum Gasteiger partial charge on any atom is -0.389 e. The van der Waals surface area contributed by atoms with E-state index in [0.29, 0.717) is 19.6 Å². The van der Waals surface area contributed by atoms with Crippen molar-refractivity contribution in [2.75, 3.05) is 20.3 Å². The van der Waals surface area contributed by atoms with Crippen molar-refractivity contribution in [3.8, 4) is 0 Å². The van der Waals surface area contributed by atoms with Crippen LogP contribution in [0.3, 0.4) is 0 Å². The molecule has 0 aliphatic carbocycles. The van der Waals surface area contributed by atoms with Crippen LogP contribution in [0.5, 0.6) is 0 Å². The Kier molecular flexibility index (Phi) is 4.81. The van der Waals surface area contributed by atoms with E-state index in [0.717, 1.165) is 6.42 Å². The molecule has 2 atom stereocenters. The van der Waals surface area contributed by atoms with Gasteiger partial charge in [-0.2, -0.15) is 0 Å². The summed E-state index contributed by atoms with van der Waals surface area (Å²) in [5.74, 6) is 0. The second-order valence-corrected chi connectivity index (χ2v) is 6.84. The van der Waals surface area contributed by atoms with Gasteiger partial charge in [0.25, 0.3) is 0 Å². The van der Waals surface area contributed by atoms with Crippen molar-refractivity contribution in [3.05, 3.63) is 0 Å². The molecule has 1 aliphatic rings. The van der Waals surface area contributed by atoms with Gasteiger partial charge in [0.1, 0.15) is 0 Å². The smallest absolute Gasteiger partial charge is 0.0787 e. The molecule has 0 aromatic carbocycles. The normalized spacial score (nSPS) is 29.2. The summed E-state index contributed by atoms with van der Waals surface area (Å²) in [5.41, 5.74) is -1.03. The van der Waals surface area contributed by atoms with Crippen LogP contribution in [0.1, 0.15) is 47.5 Å². The molecule has 0 bridgehead atoms. The Balaban J connectivity index is 2.48. The number of hydrogen-bond acceptors (Lipinski definition) is 4. The van der Waals surface area contributed by atoms with E-state index >= 15 is 0 Å². The largest absolute Gasteiger partial charge is 0.389 e. The van der Waals surface area contributed by atoms with E-state index in [1.165, 1.54) is 0 Å². The SMILES string of the molecule is COCCC(C)(O)CNC1CC(C)(C)OC1(C)C. The van der Waals surface area contributed by atoms with Gasteiger partial charge < -0.3 is 19.9 Å². The summed E-state index contributed by atoms with van der Waals surface area (Å²) in [4.78, 5) is 0. The quantitative estimate of drug-likeness (QED) is 0.762. The Morgan fingerprint density at radius 3 is 2.44 bits per heavy atom. The summed E-state index contributed by atoms with van der Waals surface area (Å²) in [7, 11) is 1.65. The summed E-state index contributed by atoms with van der Waals surface area (Å²) >= 11 is 0. The standard InChI is InChI=1S/C14H29NO3/c1-12(2)9-11(13(3,4)18-12)15-10-14(5,16)7-8-17-6/h11,15-16H,7-10H2,1-6H3. The molecule has 2 unspecified atom stereocenters. The number of rotatable bonds is 6. The van der Waals surface area contributed by atoms with E-state index in [2.05, 4.69) is 33.0 Å². The Morgan fingerprint density at radius 1 is 1.39 bits per heavy atom. The third-order valence-electron chi connectivity index (χ3n) is 3.65. The first-order chi connectivity index (χ1) is 8.08. The van der Waals surface area contributed by atoms with Gasteiger partial charge in [-0.05, 0) is 41.0 Å². The Hall–Kier alpha value is -0.160. The van der Waals surface area contributed by atoms with Crippen molar-refractivity contribution in [1.29, 1.82) is 0 Å². The second kappa shape index (κ2) is 5.45. The monoisotopic (exact) mass is 259 g/mol. The van der Waals surface area contributed by atoms with Crippen LogP contribution in [0.4, 0.5) is 0 Å². The second-order valence-electron chi connectivity index (χ2n) is 6.84. The highest BCUT2D eigenvalue weighted by Crippen LogP contribution is 2.37. The first-order valence-corrected chi connectivity index (χ1v) is 6.73. The fraction of sp³-hybridized carbons (Fsp3) is 1.00. The summed E-state index contributed by atoms with van der Waals surface area (Å²) in [6.07, 6.45) is 1.59. The van der Waals surface area contributed by atoms with Crippen molar-refractivity contribution in [1.82, 2.24) is 5.32 Å². The average Bonchev–Trinajstić information content (AvgIpc) is 2.41. The fourth-order valence-corrected chi connectivity index (χ4v) is 2.63. The molecule has 0 amide bonds. The van der Waals surface area contributed by atoms with Crippen molar-refractivity contribution in [3.63, 3.8) is 0 Å². The van der Waals surface area contributed by atoms with Crippen LogP contribution in [0.15, 0.2) is 0 Å². The molecule has 4 heteroatoms. The van der Waals surface area contributed by atoms with E-state index in [-0.39, 0.29) is 17.2 Å². The van der Waals surface area contributed by atoms with Gasteiger partial charge in [0.05, 0.1) is 16.8 Å². The van der Waals surface area contributed by atoms with Gasteiger partial charge in [-0.25, -0.2) is 0 Å². The molecule has 0 aromatic heterocycles. The summed E-state index contributed by atoms with van der Waals surface area (Å²) in [6.45, 7) is 11.4. The van der Waals surface area contributed by atoms with Crippen molar-refractivity contribution in [2.45, 2.75) is 70.3 Å². The lowest BCUT2D eigenvalue weighted by Crippen LogP contribution is -2.49. The molecule has 1 saturated heterocycles. The predicted octanol–water partition coefficient (Wildman–Crippen LogP) is 1.71. The molecule has 0 aromatic rings. The van der Waals surface area contributed by atoms with Crippen LogP contribution >= 0.6 is 0 Å². The van der Waals surface area contributed by atoms with E-state index in [9.17, 15) is 5.11 Å². The first-order valence-electron chi connectivity index (χ1n) is 6.73. The maximum atomic E-state index is 10.2. The lowest BCUT2D eigenvalue weighted by Gasteiger charge is -2.31. The van der Waals surface area contributed by atoms with E-state index in [4.69, 9.17) is 9.47 Å². The zero-order valence-corrected chi connectivity index (χ0v) is 12.7. The summed E-state index contributed by atoms with van der Waals surface area (Å²) in [6, 6.07) is 0.265. The number of ether oxygens (including phenoxy) is 2. The number of hydrogen-bond donors (Lipinski definition) is 2. The van der Waals surface area contributed by atoms with Crippen molar-refractivity contribution >= 4 is 0 Å². The van der Waals surface area contributed by atoms with E-state index in [1.807, 2.05) is 6.92 Å². The van der Waals surface area contributed by atoms with Gasteiger partial charge >= 0.3 is 0 Å². The molecule has 1 fully saturated rings. The van der Waals surface area contributed by atoms with E-state index in [1.54, 1.807) is 7.11 Å². The van der Waals surface area contributed by atoms with Crippen LogP contribution in [0.2, 0.25) is 0 Å². The van der Waals surface area contributed by atoms with E-state index < -0.39 is 5.60 Å². The Morgan fingerprint density at radius 2 is 2.00 bits per heavy atom. The van der Waals surface area contributed by atoms with Gasteiger partial charge in [0.15, 0.2) is 0 Å². The molecule has 1 heterocycles. The lowest BCUT2D eigenvalue weighted by atomic mass is 9.93. The minimum absolute atomic E-state index is 0.0977. The van der Waals surface area contributed by atoms with Crippen LogP contribution in [-0.4, -0.2) is 48.2 Å². The van der Waals surface area contributed by atoms with Crippen molar-refractivity contribution in [2.24, 2.45) is 0 Å². The summed E-state index contributed by atoms with van der Waals surface area (Å²) < 4.78 is 11.0. The first kappa shape index (κ1) is 15.9. The maximum Gasteiger partial charge on any atom is 0.0787 e. The fourth-order valence-electron chi connectivity index (χ4n) is 2.63. The van der Waals surface area contributed by atoms with Gasteiger partial charge in [0.2, 0.25) is 0 Å². The highest BCUT2D eigenvalue weighted by atomic mass is 16.5. The molecule has 0 radical (unpaired) electrons. The van der Waals surface area contributed by atoms with Gasteiger partial charge in [-0.1, -0.05) is 0 Å². The minimum atomic E-state index is -0.737. The maximum absolute atomic E-state index is 10.2. The van der Waals surface area contributed by atoms with Crippen LogP contribution in [0, 0.1) is 0 Å². The zero-order valence-electron chi connectivity index (χ0n) is 12.7. The highest BCUT2D eigenvalue weighted by molar-refractivity contribution is 4.99. The molecule has 2 N–H and O–H groups in total. The number of methoxy groups -OCH3 is 1. The van der Waals surface area contributed by atoms with Crippen LogP contribution in [-0.2, 0) is 9.47 Å². The lowest BCUT2D eigenvalue weighted by molar-refractivity contribution is -0.0712. The number of aliphatic hydroxyl groups is 1. The third-order valence-corrected chi connectivity index (χ3v) is 3.65. The molecule has 4 nitrogen and oxygen atoms in total. The molecule has 1 aliphatic heterocycles. The topological polar surface area (TPSA) is 50.7 Å². The molecule has 0 saturated carbocycles. The molecule has 0 spiro atoms. The molecule has 1 rings (SSSR count). The van der Waals surface area contributed by atoms with Gasteiger partial charge in [0, 0.05) is 32.7 Å². The van der Waals surface area contributed by atoms with Gasteiger partial charge in [-0.3, -0.25) is 0 Å². The molecule has 18 heavy (non-hydrogen) atoms. The van der Waals surface area contributed by atoms with Crippen LogP contribution in [0.25, 0.3) is 0 Å². The predicted molar refractivity (Wildman–Crippen MR) is 72.8 cm³/mol. The molecule has 108 valence electrons. The average molecular weight is 259 g/mol.